The van der Waals surface area contributed by atoms with Crippen LogP contribution in [0.4, 0.5) is 0 Å². The van der Waals surface area contributed by atoms with E-state index >= 15 is 0 Å². The Morgan fingerprint density at radius 1 is 1.20 bits per heavy atom. The first-order valence-electron chi connectivity index (χ1n) is 9.49. The van der Waals surface area contributed by atoms with Crippen LogP contribution in [0.3, 0.4) is 0 Å². The molecule has 3 N–H and O–H groups in total. The second-order valence-corrected chi connectivity index (χ2v) is 6.88. The van der Waals surface area contributed by atoms with Crippen LogP contribution in [0.5, 0.6) is 0 Å². The summed E-state index contributed by atoms with van der Waals surface area (Å²) in [5.41, 5.74) is 1.83. The van der Waals surface area contributed by atoms with Gasteiger partial charge in [0.05, 0.1) is 0 Å². The van der Waals surface area contributed by atoms with Gasteiger partial charge in [0.25, 0.3) is 5.91 Å². The second-order valence-electron chi connectivity index (χ2n) is 6.88. The van der Waals surface area contributed by atoms with Crippen LogP contribution in [0, 0.1) is 0 Å². The second kappa shape index (κ2) is 10.1. The third kappa shape index (κ3) is 6.40. The molecule has 0 radical (unpaired) electrons. The normalized spacial score (nSPS) is 17.0. The summed E-state index contributed by atoms with van der Waals surface area (Å²) >= 11 is 0. The van der Waals surface area contributed by atoms with E-state index < -0.39 is 0 Å². The van der Waals surface area contributed by atoms with Gasteiger partial charge in [-0.05, 0) is 43.9 Å². The number of guanidine groups is 1. The van der Waals surface area contributed by atoms with Crippen LogP contribution in [0.15, 0.2) is 29.3 Å². The van der Waals surface area contributed by atoms with Crippen LogP contribution in [-0.4, -0.2) is 31.0 Å². The van der Waals surface area contributed by atoms with Crippen molar-refractivity contribution >= 4 is 11.9 Å². The fourth-order valence-corrected chi connectivity index (χ4v) is 3.00. The Balaban J connectivity index is 1.82. The number of carbonyl (C=O) groups is 1. The first-order chi connectivity index (χ1) is 12.1. The molecule has 0 heterocycles. The molecule has 1 atom stereocenters. The summed E-state index contributed by atoms with van der Waals surface area (Å²) in [6.07, 6.45) is 7.33. The van der Waals surface area contributed by atoms with Crippen molar-refractivity contribution in [3.63, 3.8) is 0 Å². The molecule has 0 aliphatic heterocycles. The maximum atomic E-state index is 12.1. The zero-order chi connectivity index (χ0) is 18.1. The molecule has 1 aliphatic carbocycles. The number of carbonyl (C=O) groups excluding carboxylic acids is 1. The summed E-state index contributed by atoms with van der Waals surface area (Å²) < 4.78 is 0. The number of amides is 1. The van der Waals surface area contributed by atoms with Gasteiger partial charge in [-0.25, -0.2) is 0 Å². The van der Waals surface area contributed by atoms with Crippen molar-refractivity contribution in [3.05, 3.63) is 35.4 Å². The molecule has 25 heavy (non-hydrogen) atoms. The smallest absolute Gasteiger partial charge is 0.251 e. The topological polar surface area (TPSA) is 65.5 Å². The summed E-state index contributed by atoms with van der Waals surface area (Å²) in [6.45, 7) is 4.77. The monoisotopic (exact) mass is 344 g/mol. The maximum Gasteiger partial charge on any atom is 0.251 e. The van der Waals surface area contributed by atoms with Crippen molar-refractivity contribution in [2.45, 2.75) is 71.0 Å². The highest BCUT2D eigenvalue weighted by atomic mass is 16.1. The molecule has 1 unspecified atom stereocenters. The van der Waals surface area contributed by atoms with Crippen molar-refractivity contribution in [3.8, 4) is 0 Å². The average molecular weight is 345 g/mol. The van der Waals surface area contributed by atoms with Gasteiger partial charge in [-0.3, -0.25) is 9.79 Å². The van der Waals surface area contributed by atoms with Gasteiger partial charge in [-0.15, -0.1) is 0 Å². The maximum absolute atomic E-state index is 12.1. The van der Waals surface area contributed by atoms with Crippen LogP contribution in [0.25, 0.3) is 0 Å². The van der Waals surface area contributed by atoms with E-state index in [1.807, 2.05) is 31.2 Å². The molecule has 1 aromatic carbocycles. The van der Waals surface area contributed by atoms with Crippen molar-refractivity contribution in [1.82, 2.24) is 16.0 Å². The molecule has 0 saturated heterocycles. The molecule has 138 valence electrons. The van der Waals surface area contributed by atoms with E-state index in [1.54, 1.807) is 7.05 Å². The highest BCUT2D eigenvalue weighted by Gasteiger charge is 2.14. The van der Waals surface area contributed by atoms with Crippen LogP contribution in [0.1, 0.15) is 68.3 Å². The lowest BCUT2D eigenvalue weighted by atomic mass is 9.96. The fourth-order valence-electron chi connectivity index (χ4n) is 3.00. The predicted molar refractivity (Wildman–Crippen MR) is 104 cm³/mol. The molecule has 5 heteroatoms. The predicted octanol–water partition coefficient (Wildman–Crippen LogP) is 3.21. The summed E-state index contributed by atoms with van der Waals surface area (Å²) in [6, 6.07) is 8.48. The van der Waals surface area contributed by atoms with E-state index in [9.17, 15) is 4.79 Å². The Kier molecular flexibility index (Phi) is 7.76. The fraction of sp³-hybridized carbons (Fsp3) is 0.600. The summed E-state index contributed by atoms with van der Waals surface area (Å²) in [5.74, 6) is 0.842. The summed E-state index contributed by atoms with van der Waals surface area (Å²) in [5, 5.41) is 9.86. The molecule has 0 bridgehead atoms. The van der Waals surface area contributed by atoms with Gasteiger partial charge < -0.3 is 16.0 Å². The molecule has 0 aromatic heterocycles. The van der Waals surface area contributed by atoms with Crippen molar-refractivity contribution in [1.29, 1.82) is 0 Å². The molecule has 1 amide bonds. The van der Waals surface area contributed by atoms with E-state index in [0.29, 0.717) is 18.2 Å². The minimum atomic E-state index is -0.0105. The van der Waals surface area contributed by atoms with Gasteiger partial charge >= 0.3 is 0 Å². The van der Waals surface area contributed by atoms with Gasteiger partial charge in [0.2, 0.25) is 0 Å². The Morgan fingerprint density at radius 3 is 2.48 bits per heavy atom. The highest BCUT2D eigenvalue weighted by Crippen LogP contribution is 2.17. The largest absolute Gasteiger partial charge is 0.354 e. The van der Waals surface area contributed by atoms with Crippen molar-refractivity contribution < 1.29 is 4.79 Å². The first-order valence-corrected chi connectivity index (χ1v) is 9.49. The highest BCUT2D eigenvalue weighted by molar-refractivity contribution is 5.94. The molecular formula is C20H32N4O. The van der Waals surface area contributed by atoms with Crippen LogP contribution in [-0.2, 0) is 6.54 Å². The lowest BCUT2D eigenvalue weighted by molar-refractivity contribution is 0.0939. The van der Waals surface area contributed by atoms with Crippen molar-refractivity contribution in [2.24, 2.45) is 4.99 Å². The Hall–Kier alpha value is -2.04. The summed E-state index contributed by atoms with van der Waals surface area (Å²) in [4.78, 5) is 16.4. The molecule has 5 nitrogen and oxygen atoms in total. The van der Waals surface area contributed by atoms with E-state index in [-0.39, 0.29) is 11.9 Å². The molecule has 0 spiro atoms. The number of hydrogen-bond acceptors (Lipinski definition) is 2. The van der Waals surface area contributed by atoms with Crippen LogP contribution in [0.2, 0.25) is 0 Å². The number of nitrogens with one attached hydrogen (secondary N) is 3. The van der Waals surface area contributed by atoms with E-state index in [4.69, 9.17) is 0 Å². The quantitative estimate of drug-likeness (QED) is 0.548. The Labute approximate surface area is 151 Å². The van der Waals surface area contributed by atoms with Gasteiger partial charge in [0, 0.05) is 31.2 Å². The molecule has 2 rings (SSSR count). The third-order valence-electron chi connectivity index (χ3n) is 4.84. The molecule has 1 aromatic rings. The number of nitrogens with zero attached hydrogens (tertiary/aromatic N) is 1. The SMILES string of the molecule is CCC(C)NC(=O)c1ccc(CNC(=NC)NC2CCCCC2)cc1. The summed E-state index contributed by atoms with van der Waals surface area (Å²) in [7, 11) is 1.81. The molecule has 1 saturated carbocycles. The van der Waals surface area contributed by atoms with Crippen LogP contribution >= 0.6 is 0 Å². The minimum Gasteiger partial charge on any atom is -0.354 e. The van der Waals surface area contributed by atoms with E-state index in [0.717, 1.165) is 17.9 Å². The minimum absolute atomic E-state index is 0.0105. The number of aliphatic imine (C=N–C) groups is 1. The van der Waals surface area contributed by atoms with E-state index in [1.165, 1.54) is 32.1 Å². The number of rotatable bonds is 6. The zero-order valence-corrected chi connectivity index (χ0v) is 15.8. The molecule has 1 aliphatic rings. The standard InChI is InChI=1S/C20H32N4O/c1-4-15(2)23-19(25)17-12-10-16(11-13-17)14-22-20(21-3)24-18-8-6-5-7-9-18/h10-13,15,18H,4-9,14H2,1-3H3,(H,23,25)(H2,21,22,24). The average Bonchev–Trinajstić information content (AvgIpc) is 2.66. The van der Waals surface area contributed by atoms with E-state index in [2.05, 4.69) is 27.9 Å². The lowest BCUT2D eigenvalue weighted by Crippen LogP contribution is -2.43. The number of benzene rings is 1. The lowest BCUT2D eigenvalue weighted by Gasteiger charge is -2.24. The Bertz CT molecular complexity index is 562. The zero-order valence-electron chi connectivity index (χ0n) is 15.8. The molecular weight excluding hydrogens is 312 g/mol. The van der Waals surface area contributed by atoms with Gasteiger partial charge in [0.1, 0.15) is 0 Å². The van der Waals surface area contributed by atoms with Crippen LogP contribution < -0.4 is 16.0 Å². The van der Waals surface area contributed by atoms with Gasteiger partial charge in [-0.2, -0.15) is 0 Å². The molecule has 1 fully saturated rings. The first kappa shape index (κ1) is 19.3. The van der Waals surface area contributed by atoms with Crippen molar-refractivity contribution in [2.75, 3.05) is 7.05 Å². The Morgan fingerprint density at radius 2 is 1.88 bits per heavy atom. The number of hydrogen-bond donors (Lipinski definition) is 3. The van der Waals surface area contributed by atoms with Gasteiger partial charge in [-0.1, -0.05) is 38.3 Å². The van der Waals surface area contributed by atoms with Gasteiger partial charge in [0.15, 0.2) is 5.96 Å². The third-order valence-corrected chi connectivity index (χ3v) is 4.84.